The van der Waals surface area contributed by atoms with Crippen LogP contribution in [0.4, 0.5) is 0 Å². The molecule has 0 saturated heterocycles. The van der Waals surface area contributed by atoms with E-state index in [0.717, 1.165) is 45.4 Å². The maximum atomic E-state index is 4.81. The first kappa shape index (κ1) is 17.1. The Morgan fingerprint density at radius 3 is 1.35 bits per heavy atom. The van der Waals surface area contributed by atoms with Crippen LogP contribution in [-0.4, -0.2) is 9.97 Å². The summed E-state index contributed by atoms with van der Waals surface area (Å²) < 4.78 is 0. The third-order valence-electron chi connectivity index (χ3n) is 4.51. The second-order valence-corrected chi connectivity index (χ2v) is 7.89. The molecule has 0 unspecified atom stereocenters. The van der Waals surface area contributed by atoms with Crippen LogP contribution < -0.4 is 0 Å². The minimum Gasteiger partial charge on any atom is -0.233 e. The Morgan fingerprint density at radius 2 is 1.00 bits per heavy atom. The quantitative estimate of drug-likeness (QED) is 0.386. The van der Waals surface area contributed by atoms with Crippen LogP contribution in [0.1, 0.15) is 25.0 Å². The molecule has 4 aromatic rings. The lowest BCUT2D eigenvalue weighted by Crippen LogP contribution is -1.83. The molecule has 0 aliphatic rings. The van der Waals surface area contributed by atoms with Crippen LogP contribution in [0.2, 0.25) is 0 Å². The van der Waals surface area contributed by atoms with E-state index in [1.807, 2.05) is 0 Å². The van der Waals surface area contributed by atoms with Crippen molar-refractivity contribution in [2.45, 2.75) is 26.7 Å². The molecule has 0 saturated carbocycles. The highest BCUT2D eigenvalue weighted by atomic mass is 32.1. The van der Waals surface area contributed by atoms with Crippen LogP contribution in [0.3, 0.4) is 0 Å². The van der Waals surface area contributed by atoms with Crippen molar-refractivity contribution in [3.8, 4) is 32.5 Å². The first-order chi connectivity index (χ1) is 12.8. The van der Waals surface area contributed by atoms with Gasteiger partial charge in [0.1, 0.15) is 0 Å². The lowest BCUT2D eigenvalue weighted by atomic mass is 10.1. The highest BCUT2D eigenvalue weighted by Gasteiger charge is 2.11. The minimum absolute atomic E-state index is 0.987. The van der Waals surface area contributed by atoms with Gasteiger partial charge in [0.2, 0.25) is 0 Å². The summed E-state index contributed by atoms with van der Waals surface area (Å²) in [6.45, 7) is 4.34. The van der Waals surface area contributed by atoms with Crippen LogP contribution in [0.15, 0.2) is 59.3 Å². The van der Waals surface area contributed by atoms with E-state index in [4.69, 9.17) is 9.97 Å². The average Bonchev–Trinajstić information content (AvgIpc) is 3.38. The molecule has 2 aromatic heterocycles. The van der Waals surface area contributed by atoms with Crippen molar-refractivity contribution in [2.75, 3.05) is 0 Å². The van der Waals surface area contributed by atoms with Crippen molar-refractivity contribution in [1.29, 1.82) is 0 Å². The molecule has 4 heteroatoms. The molecule has 0 aliphatic carbocycles. The molecule has 2 nitrogen and oxygen atoms in total. The number of aryl methyl sites for hydroxylation is 2. The summed E-state index contributed by atoms with van der Waals surface area (Å²) in [7, 11) is 0. The molecule has 0 aliphatic heterocycles. The van der Waals surface area contributed by atoms with E-state index in [2.05, 4.69) is 73.1 Å². The number of hydrogen-bond acceptors (Lipinski definition) is 4. The second kappa shape index (κ2) is 7.52. The molecule has 2 heterocycles. The minimum atomic E-state index is 0.987. The smallest absolute Gasteiger partial charge is 0.152 e. The Hall–Kier alpha value is -2.30. The molecule has 0 spiro atoms. The summed E-state index contributed by atoms with van der Waals surface area (Å²) >= 11 is 3.32. The number of benzene rings is 2. The summed E-state index contributed by atoms with van der Waals surface area (Å²) in [6, 6.07) is 17.3. The van der Waals surface area contributed by atoms with Crippen LogP contribution in [0, 0.1) is 0 Å². The second-order valence-electron chi connectivity index (χ2n) is 6.18. The van der Waals surface area contributed by atoms with E-state index >= 15 is 0 Å². The van der Waals surface area contributed by atoms with Gasteiger partial charge in [-0.05, 0) is 24.0 Å². The molecule has 0 N–H and O–H groups in total. The van der Waals surface area contributed by atoms with Gasteiger partial charge in [0.05, 0.1) is 11.4 Å². The molecule has 0 bridgehead atoms. The van der Waals surface area contributed by atoms with Gasteiger partial charge in [0.25, 0.3) is 0 Å². The van der Waals surface area contributed by atoms with Crippen molar-refractivity contribution in [1.82, 2.24) is 9.97 Å². The fourth-order valence-corrected chi connectivity index (χ4v) is 4.54. The SMILES string of the molecule is CCc1ccc(-c2csc(-c3nc(-c4ccc(CC)cc4)cs3)n2)cc1. The summed E-state index contributed by atoms with van der Waals surface area (Å²) in [5.74, 6) is 0. The third kappa shape index (κ3) is 3.48. The van der Waals surface area contributed by atoms with Crippen molar-refractivity contribution < 1.29 is 0 Å². The molecule has 0 atom stereocenters. The van der Waals surface area contributed by atoms with Gasteiger partial charge in [-0.3, -0.25) is 0 Å². The van der Waals surface area contributed by atoms with E-state index in [-0.39, 0.29) is 0 Å². The Balaban J connectivity index is 1.58. The van der Waals surface area contributed by atoms with Crippen LogP contribution in [0.5, 0.6) is 0 Å². The predicted molar refractivity (Wildman–Crippen MR) is 113 cm³/mol. The summed E-state index contributed by atoms with van der Waals surface area (Å²) in [6.07, 6.45) is 2.12. The summed E-state index contributed by atoms with van der Waals surface area (Å²) in [5, 5.41) is 6.21. The number of nitrogens with zero attached hydrogens (tertiary/aromatic N) is 2. The normalized spacial score (nSPS) is 11.0. The highest BCUT2D eigenvalue weighted by Crippen LogP contribution is 2.33. The Labute approximate surface area is 162 Å². The fraction of sp³-hybridized carbons (Fsp3) is 0.182. The number of aromatic nitrogens is 2. The van der Waals surface area contributed by atoms with Gasteiger partial charge in [-0.15, -0.1) is 22.7 Å². The van der Waals surface area contributed by atoms with Crippen molar-refractivity contribution >= 4 is 22.7 Å². The zero-order valence-corrected chi connectivity index (χ0v) is 16.5. The largest absolute Gasteiger partial charge is 0.233 e. The predicted octanol–water partition coefficient (Wildman–Crippen LogP) is 6.73. The van der Waals surface area contributed by atoms with Crippen LogP contribution >= 0.6 is 22.7 Å². The molecule has 0 fully saturated rings. The Morgan fingerprint density at radius 1 is 0.615 bits per heavy atom. The zero-order valence-electron chi connectivity index (χ0n) is 14.9. The van der Waals surface area contributed by atoms with Gasteiger partial charge in [0, 0.05) is 21.9 Å². The topological polar surface area (TPSA) is 25.8 Å². The van der Waals surface area contributed by atoms with Crippen molar-refractivity contribution in [3.05, 3.63) is 70.4 Å². The van der Waals surface area contributed by atoms with E-state index in [1.165, 1.54) is 11.1 Å². The van der Waals surface area contributed by atoms with Gasteiger partial charge >= 0.3 is 0 Å². The molecular weight excluding hydrogens is 356 g/mol. The lowest BCUT2D eigenvalue weighted by molar-refractivity contribution is 1.14. The third-order valence-corrected chi connectivity index (χ3v) is 6.33. The molecule has 26 heavy (non-hydrogen) atoms. The standard InChI is InChI=1S/C22H20N2S2/c1-3-15-5-9-17(10-6-15)19-13-25-21(23-19)22-24-20(14-26-22)18-11-7-16(4-2)8-12-18/h5-14H,3-4H2,1-2H3. The maximum Gasteiger partial charge on any atom is 0.152 e. The van der Waals surface area contributed by atoms with Crippen LogP contribution in [0.25, 0.3) is 32.5 Å². The van der Waals surface area contributed by atoms with Gasteiger partial charge in [-0.25, -0.2) is 9.97 Å². The zero-order chi connectivity index (χ0) is 17.9. The molecular formula is C22H20N2S2. The van der Waals surface area contributed by atoms with E-state index in [0.29, 0.717) is 0 Å². The van der Waals surface area contributed by atoms with Crippen molar-refractivity contribution in [2.24, 2.45) is 0 Å². The maximum absolute atomic E-state index is 4.81. The molecule has 0 radical (unpaired) electrons. The van der Waals surface area contributed by atoms with E-state index in [9.17, 15) is 0 Å². The van der Waals surface area contributed by atoms with E-state index < -0.39 is 0 Å². The molecule has 2 aromatic carbocycles. The lowest BCUT2D eigenvalue weighted by Gasteiger charge is -1.99. The van der Waals surface area contributed by atoms with Gasteiger partial charge in [-0.2, -0.15) is 0 Å². The first-order valence-electron chi connectivity index (χ1n) is 8.87. The molecule has 4 rings (SSSR count). The van der Waals surface area contributed by atoms with Gasteiger partial charge < -0.3 is 0 Å². The summed E-state index contributed by atoms with van der Waals surface area (Å²) in [4.78, 5) is 9.61. The monoisotopic (exact) mass is 376 g/mol. The first-order valence-corrected chi connectivity index (χ1v) is 10.6. The fourth-order valence-electron chi connectivity index (χ4n) is 2.83. The number of hydrogen-bond donors (Lipinski definition) is 0. The van der Waals surface area contributed by atoms with E-state index in [1.54, 1.807) is 22.7 Å². The Kier molecular flexibility index (Phi) is 4.96. The van der Waals surface area contributed by atoms with Gasteiger partial charge in [0.15, 0.2) is 10.0 Å². The number of thiazole rings is 2. The Bertz CT molecular complexity index is 912. The highest BCUT2D eigenvalue weighted by molar-refractivity contribution is 7.20. The summed E-state index contributed by atoms with van der Waals surface area (Å²) in [5.41, 5.74) is 7.08. The molecule has 130 valence electrons. The van der Waals surface area contributed by atoms with Crippen molar-refractivity contribution in [3.63, 3.8) is 0 Å². The molecule has 0 amide bonds. The average molecular weight is 377 g/mol. The number of rotatable bonds is 5. The van der Waals surface area contributed by atoms with Gasteiger partial charge in [-0.1, -0.05) is 62.4 Å². The van der Waals surface area contributed by atoms with Crippen LogP contribution in [-0.2, 0) is 12.8 Å².